The predicted octanol–water partition coefficient (Wildman–Crippen LogP) is -0.298. The Bertz CT molecular complexity index is 414. The monoisotopic (exact) mass is 320 g/mol. The second-order valence-electron chi connectivity index (χ2n) is 3.46. The molecule has 12 heteroatoms. The van der Waals surface area contributed by atoms with Crippen molar-refractivity contribution >= 4 is 17.8 Å². The van der Waals surface area contributed by atoms with Crippen molar-refractivity contribution in [3.8, 4) is 0 Å². The molecular weight excluding hydrogens is 300 g/mol. The summed E-state index contributed by atoms with van der Waals surface area (Å²) in [5.74, 6) is 0.215. The molecule has 1 heterocycles. The van der Waals surface area contributed by atoms with Crippen LogP contribution in [-0.4, -0.2) is 64.3 Å². The van der Waals surface area contributed by atoms with Gasteiger partial charge in [-0.05, 0) is 0 Å². The van der Waals surface area contributed by atoms with Crippen LogP contribution in [0.5, 0.6) is 0 Å². The minimum Gasteiger partial charge on any atom is -0.362 e. The van der Waals surface area contributed by atoms with Gasteiger partial charge in [-0.2, -0.15) is 20.0 Å². The van der Waals surface area contributed by atoms with E-state index in [1.807, 2.05) is 0 Å². The molecular formula is C10H20N6O6. The van der Waals surface area contributed by atoms with Crippen molar-refractivity contribution in [3.05, 3.63) is 0 Å². The molecule has 0 N–H and O–H groups in total. The van der Waals surface area contributed by atoms with E-state index in [1.54, 1.807) is 0 Å². The van der Waals surface area contributed by atoms with E-state index >= 15 is 0 Å². The molecule has 0 amide bonds. The Balaban J connectivity index is 3.30. The summed E-state index contributed by atoms with van der Waals surface area (Å²) in [7, 11) is 8.50. The van der Waals surface area contributed by atoms with E-state index in [4.69, 9.17) is 28.9 Å². The van der Waals surface area contributed by atoms with Gasteiger partial charge in [0.2, 0.25) is 0 Å². The molecule has 0 aromatic carbocycles. The fourth-order valence-electron chi connectivity index (χ4n) is 1.40. The number of methoxy groups -OCH3 is 1. The maximum absolute atomic E-state index is 5.14. The third-order valence-corrected chi connectivity index (χ3v) is 2.28. The molecule has 22 heavy (non-hydrogen) atoms. The van der Waals surface area contributed by atoms with E-state index in [1.165, 1.54) is 47.7 Å². The van der Waals surface area contributed by atoms with Crippen LogP contribution < -0.4 is 15.5 Å². The Hall–Kier alpha value is -1.83. The largest absolute Gasteiger partial charge is 0.362 e. The first-order valence-corrected chi connectivity index (χ1v) is 5.98. The van der Waals surface area contributed by atoms with E-state index in [9.17, 15) is 0 Å². The van der Waals surface area contributed by atoms with Crippen LogP contribution in [0, 0.1) is 0 Å². The van der Waals surface area contributed by atoms with Crippen LogP contribution in [0.15, 0.2) is 0 Å². The van der Waals surface area contributed by atoms with Gasteiger partial charge in [-0.15, -0.1) is 0 Å². The number of anilines is 3. The highest BCUT2D eigenvalue weighted by atomic mass is 16.9. The van der Waals surface area contributed by atoms with Crippen molar-refractivity contribution in [2.24, 2.45) is 0 Å². The Labute approximate surface area is 127 Å². The van der Waals surface area contributed by atoms with Gasteiger partial charge in [0, 0.05) is 7.11 Å². The summed E-state index contributed by atoms with van der Waals surface area (Å²) in [6.45, 7) is 0.0827. The zero-order chi connectivity index (χ0) is 16.5. The number of hydroxylamine groups is 1. The summed E-state index contributed by atoms with van der Waals surface area (Å²) in [5, 5.41) is 3.22. The van der Waals surface area contributed by atoms with Crippen LogP contribution in [0.2, 0.25) is 0 Å². The lowest BCUT2D eigenvalue weighted by Crippen LogP contribution is -2.31. The third-order valence-electron chi connectivity index (χ3n) is 2.28. The summed E-state index contributed by atoms with van der Waals surface area (Å²) in [6, 6.07) is 0. The third kappa shape index (κ3) is 4.33. The van der Waals surface area contributed by atoms with Gasteiger partial charge in [-0.1, -0.05) is 10.5 Å². The molecule has 0 spiro atoms. The van der Waals surface area contributed by atoms with Crippen molar-refractivity contribution in [1.82, 2.24) is 15.0 Å². The quantitative estimate of drug-likeness (QED) is 0.417. The molecule has 0 saturated heterocycles. The lowest BCUT2D eigenvalue weighted by molar-refractivity contribution is -0.0527. The first-order chi connectivity index (χ1) is 10.6. The maximum atomic E-state index is 5.14. The van der Waals surface area contributed by atoms with Crippen LogP contribution >= 0.6 is 0 Å². The zero-order valence-corrected chi connectivity index (χ0v) is 13.3. The SMILES string of the molecule is COCN(OC)c1nc(N(OC)OC)nc(N(OC)OC)n1. The topological polar surface area (TPSA) is 104 Å². The minimum absolute atomic E-state index is 0.0438. The van der Waals surface area contributed by atoms with E-state index in [0.29, 0.717) is 0 Å². The van der Waals surface area contributed by atoms with Gasteiger partial charge < -0.3 is 4.74 Å². The molecule has 12 nitrogen and oxygen atoms in total. The van der Waals surface area contributed by atoms with Gasteiger partial charge in [0.1, 0.15) is 6.73 Å². The summed E-state index contributed by atoms with van der Waals surface area (Å²) in [5.41, 5.74) is 0. The number of nitrogens with zero attached hydrogens (tertiary/aromatic N) is 6. The molecule has 0 saturated carbocycles. The highest BCUT2D eigenvalue weighted by molar-refractivity contribution is 5.41. The summed E-state index contributed by atoms with van der Waals surface area (Å²) >= 11 is 0. The number of rotatable bonds is 10. The number of ether oxygens (including phenoxy) is 1. The number of hydrogen-bond acceptors (Lipinski definition) is 12. The molecule has 1 aromatic heterocycles. The molecule has 0 fully saturated rings. The van der Waals surface area contributed by atoms with Crippen LogP contribution in [0.4, 0.5) is 17.8 Å². The van der Waals surface area contributed by atoms with Crippen LogP contribution in [0.1, 0.15) is 0 Å². The van der Waals surface area contributed by atoms with Crippen molar-refractivity contribution in [3.63, 3.8) is 0 Å². The molecule has 0 unspecified atom stereocenters. The zero-order valence-electron chi connectivity index (χ0n) is 13.3. The summed E-state index contributed by atoms with van der Waals surface area (Å²) in [4.78, 5) is 37.5. The van der Waals surface area contributed by atoms with Crippen molar-refractivity contribution in [1.29, 1.82) is 0 Å². The molecule has 0 aliphatic carbocycles. The maximum Gasteiger partial charge on any atom is 0.284 e. The van der Waals surface area contributed by atoms with Gasteiger partial charge in [0.05, 0.1) is 35.5 Å². The van der Waals surface area contributed by atoms with Gasteiger partial charge in [-0.25, -0.2) is 19.4 Å². The first kappa shape index (κ1) is 18.2. The van der Waals surface area contributed by atoms with E-state index in [2.05, 4.69) is 15.0 Å². The highest BCUT2D eigenvalue weighted by Crippen LogP contribution is 2.19. The van der Waals surface area contributed by atoms with Gasteiger partial charge in [-0.3, -0.25) is 4.84 Å². The van der Waals surface area contributed by atoms with Crippen molar-refractivity contribution < 1.29 is 28.9 Å². The molecule has 0 atom stereocenters. The van der Waals surface area contributed by atoms with Gasteiger partial charge in [0.25, 0.3) is 17.8 Å². The second kappa shape index (κ2) is 9.24. The Kier molecular flexibility index (Phi) is 7.65. The van der Waals surface area contributed by atoms with Gasteiger partial charge >= 0.3 is 0 Å². The molecule has 0 aliphatic rings. The van der Waals surface area contributed by atoms with Crippen molar-refractivity contribution in [2.45, 2.75) is 0 Å². The number of aromatic nitrogens is 3. The molecule has 126 valence electrons. The van der Waals surface area contributed by atoms with Crippen LogP contribution in [0.25, 0.3) is 0 Å². The fourth-order valence-corrected chi connectivity index (χ4v) is 1.40. The molecule has 1 rings (SSSR count). The van der Waals surface area contributed by atoms with Crippen LogP contribution in [0.3, 0.4) is 0 Å². The Morgan fingerprint density at radius 2 is 1.05 bits per heavy atom. The smallest absolute Gasteiger partial charge is 0.284 e. The Morgan fingerprint density at radius 3 is 1.36 bits per heavy atom. The second-order valence-corrected chi connectivity index (χ2v) is 3.46. The van der Waals surface area contributed by atoms with E-state index < -0.39 is 0 Å². The molecule has 0 aliphatic heterocycles. The lowest BCUT2D eigenvalue weighted by atomic mass is 10.8. The first-order valence-electron chi connectivity index (χ1n) is 5.98. The molecule has 0 bridgehead atoms. The van der Waals surface area contributed by atoms with Crippen molar-refractivity contribution in [2.75, 3.05) is 64.9 Å². The lowest BCUT2D eigenvalue weighted by Gasteiger charge is -2.23. The molecule has 0 radical (unpaired) electrons. The molecule has 1 aromatic rings. The normalized spacial score (nSPS) is 10.6. The number of hydrogen-bond donors (Lipinski definition) is 0. The standard InChI is InChI=1S/C10H20N6O6/c1-17-7-14(18-2)8-11-9(15(19-3)20-4)13-10(12-8)16(21-5)22-6/h7H2,1-6H3. The predicted molar refractivity (Wildman–Crippen MR) is 74.2 cm³/mol. The average Bonchev–Trinajstić information content (AvgIpc) is 2.55. The summed E-state index contributed by atoms with van der Waals surface area (Å²) < 4.78 is 5.00. The van der Waals surface area contributed by atoms with Crippen LogP contribution in [-0.2, 0) is 28.9 Å². The fraction of sp³-hybridized carbons (Fsp3) is 0.700. The Morgan fingerprint density at radius 1 is 0.636 bits per heavy atom. The average molecular weight is 320 g/mol. The minimum atomic E-state index is 0.0438. The van der Waals surface area contributed by atoms with E-state index in [-0.39, 0.29) is 24.6 Å². The van der Waals surface area contributed by atoms with Gasteiger partial charge in [0.15, 0.2) is 0 Å². The highest BCUT2D eigenvalue weighted by Gasteiger charge is 2.21. The van der Waals surface area contributed by atoms with E-state index in [0.717, 1.165) is 10.5 Å². The summed E-state index contributed by atoms with van der Waals surface area (Å²) in [6.07, 6.45) is 0.